The van der Waals surface area contributed by atoms with Crippen LogP contribution in [-0.4, -0.2) is 25.2 Å². The molecule has 2 rings (SSSR count). The van der Waals surface area contributed by atoms with Gasteiger partial charge in [-0.3, -0.25) is 0 Å². The van der Waals surface area contributed by atoms with Crippen LogP contribution in [0.25, 0.3) is 10.2 Å². The van der Waals surface area contributed by atoms with Crippen LogP contribution in [0.15, 0.2) is 12.1 Å². The molecule has 0 N–H and O–H groups in total. The summed E-state index contributed by atoms with van der Waals surface area (Å²) in [7, 11) is 1.71. The first-order chi connectivity index (χ1) is 9.21. The van der Waals surface area contributed by atoms with E-state index in [1.807, 2.05) is 6.07 Å². The zero-order chi connectivity index (χ0) is 13.8. The smallest absolute Gasteiger partial charge is 0.146 e. The van der Waals surface area contributed by atoms with Gasteiger partial charge in [0.2, 0.25) is 0 Å². The summed E-state index contributed by atoms with van der Waals surface area (Å²) in [6.07, 6.45) is 2.32. The highest BCUT2D eigenvalue weighted by Gasteiger charge is 2.15. The van der Waals surface area contributed by atoms with Crippen molar-refractivity contribution in [2.75, 3.05) is 25.1 Å². The van der Waals surface area contributed by atoms with Gasteiger partial charge in [0.15, 0.2) is 0 Å². The Balaban J connectivity index is 2.53. The molecule has 0 aliphatic carbocycles. The maximum Gasteiger partial charge on any atom is 0.146 e. The van der Waals surface area contributed by atoms with Gasteiger partial charge >= 0.3 is 0 Å². The van der Waals surface area contributed by atoms with E-state index in [1.54, 1.807) is 18.4 Å². The van der Waals surface area contributed by atoms with E-state index in [1.165, 1.54) is 10.4 Å². The molecule has 1 heterocycles. The summed E-state index contributed by atoms with van der Waals surface area (Å²) in [5, 5.41) is 1.09. The molecule has 0 saturated carbocycles. The van der Waals surface area contributed by atoms with Crippen LogP contribution >= 0.6 is 11.3 Å². The van der Waals surface area contributed by atoms with Gasteiger partial charge in [-0.2, -0.15) is 0 Å². The van der Waals surface area contributed by atoms with Crippen LogP contribution in [-0.2, 0) is 0 Å². The van der Waals surface area contributed by atoms with Gasteiger partial charge in [-0.15, -0.1) is 11.3 Å². The lowest BCUT2D eigenvalue weighted by Crippen LogP contribution is -2.24. The van der Waals surface area contributed by atoms with Crippen LogP contribution < -0.4 is 9.64 Å². The topological polar surface area (TPSA) is 25.4 Å². The Kier molecular flexibility index (Phi) is 4.64. The molecule has 19 heavy (non-hydrogen) atoms. The third-order valence-electron chi connectivity index (χ3n) is 3.14. The van der Waals surface area contributed by atoms with Crippen LogP contribution in [0.3, 0.4) is 0 Å². The minimum atomic E-state index is 0.871. The number of nitrogens with zero attached hydrogens (tertiary/aromatic N) is 2. The number of hydrogen-bond acceptors (Lipinski definition) is 4. The lowest BCUT2D eigenvalue weighted by molar-refractivity contribution is 0.419. The van der Waals surface area contributed by atoms with Gasteiger partial charge in [0.25, 0.3) is 0 Å². The third kappa shape index (κ3) is 2.84. The first-order valence-corrected chi connectivity index (χ1v) is 7.72. The zero-order valence-electron chi connectivity index (χ0n) is 12.2. The predicted octanol–water partition coefficient (Wildman–Crippen LogP) is 4.24. The summed E-state index contributed by atoms with van der Waals surface area (Å²) in [6, 6.07) is 4.21. The number of aromatic nitrogens is 1. The molecule has 0 bridgehead atoms. The summed E-state index contributed by atoms with van der Waals surface area (Å²) in [5.41, 5.74) is 2.30. The molecule has 2 aromatic rings. The number of aryl methyl sites for hydroxylation is 1. The second-order valence-corrected chi connectivity index (χ2v) is 5.89. The first kappa shape index (κ1) is 14.1. The van der Waals surface area contributed by atoms with E-state index < -0.39 is 0 Å². The number of rotatable bonds is 6. The summed E-state index contributed by atoms with van der Waals surface area (Å²) in [5.74, 6) is 0.871. The fourth-order valence-electron chi connectivity index (χ4n) is 2.38. The maximum absolute atomic E-state index is 5.42. The minimum absolute atomic E-state index is 0.871. The molecule has 4 heteroatoms. The average Bonchev–Trinajstić information content (AvgIpc) is 2.78. The van der Waals surface area contributed by atoms with E-state index in [0.717, 1.165) is 42.2 Å². The Labute approximate surface area is 119 Å². The monoisotopic (exact) mass is 278 g/mol. The SMILES string of the molecule is CCCN(CCC)c1ccc(OC)c2nc(C)sc12. The number of ether oxygens (including phenoxy) is 1. The van der Waals surface area contributed by atoms with Crippen LogP contribution in [0.4, 0.5) is 5.69 Å². The summed E-state index contributed by atoms with van der Waals surface area (Å²) < 4.78 is 6.67. The summed E-state index contributed by atoms with van der Waals surface area (Å²) in [4.78, 5) is 7.07. The molecule has 0 atom stereocenters. The van der Waals surface area contributed by atoms with E-state index in [-0.39, 0.29) is 0 Å². The Morgan fingerprint density at radius 3 is 2.47 bits per heavy atom. The number of methoxy groups -OCH3 is 1. The number of hydrogen-bond donors (Lipinski definition) is 0. The molecule has 0 aliphatic heterocycles. The van der Waals surface area contributed by atoms with Crippen LogP contribution in [0.1, 0.15) is 31.7 Å². The Morgan fingerprint density at radius 2 is 1.89 bits per heavy atom. The summed E-state index contributed by atoms with van der Waals surface area (Å²) in [6.45, 7) is 8.68. The van der Waals surface area contributed by atoms with Crippen LogP contribution in [0.2, 0.25) is 0 Å². The van der Waals surface area contributed by atoms with Crippen molar-refractivity contribution in [1.82, 2.24) is 4.98 Å². The maximum atomic E-state index is 5.42. The highest BCUT2D eigenvalue weighted by atomic mass is 32.1. The standard InChI is InChI=1S/C15H22N2OS/c1-5-9-17(10-6-2)12-7-8-13(18-4)14-15(12)19-11(3)16-14/h7-8H,5-6,9-10H2,1-4H3. The number of benzene rings is 1. The van der Waals surface area contributed by atoms with Gasteiger partial charge in [-0.25, -0.2) is 4.98 Å². The molecule has 0 aliphatic rings. The Morgan fingerprint density at radius 1 is 1.21 bits per heavy atom. The highest BCUT2D eigenvalue weighted by Crippen LogP contribution is 2.37. The molecule has 104 valence electrons. The Bertz CT molecular complexity index is 544. The van der Waals surface area contributed by atoms with Crippen molar-refractivity contribution in [2.24, 2.45) is 0 Å². The lowest BCUT2D eigenvalue weighted by atomic mass is 10.2. The molecule has 0 unspecified atom stereocenters. The average molecular weight is 278 g/mol. The van der Waals surface area contributed by atoms with Crippen molar-refractivity contribution in [1.29, 1.82) is 0 Å². The van der Waals surface area contributed by atoms with E-state index in [4.69, 9.17) is 4.74 Å². The molecule has 0 radical (unpaired) electrons. The third-order valence-corrected chi connectivity index (χ3v) is 4.13. The van der Waals surface area contributed by atoms with Crippen molar-refractivity contribution in [3.8, 4) is 5.75 Å². The molecule has 1 aromatic heterocycles. The summed E-state index contributed by atoms with van der Waals surface area (Å²) >= 11 is 1.76. The van der Waals surface area contributed by atoms with Gasteiger partial charge in [-0.05, 0) is 31.9 Å². The number of fused-ring (bicyclic) bond motifs is 1. The quantitative estimate of drug-likeness (QED) is 0.790. The van der Waals surface area contributed by atoms with Crippen molar-refractivity contribution in [3.63, 3.8) is 0 Å². The first-order valence-electron chi connectivity index (χ1n) is 6.90. The normalized spacial score (nSPS) is 10.9. The molecule has 0 fully saturated rings. The van der Waals surface area contributed by atoms with Gasteiger partial charge in [0, 0.05) is 13.1 Å². The van der Waals surface area contributed by atoms with E-state index >= 15 is 0 Å². The lowest BCUT2D eigenvalue weighted by Gasteiger charge is -2.24. The molecular formula is C15H22N2OS. The minimum Gasteiger partial charge on any atom is -0.494 e. The fourth-order valence-corrected chi connectivity index (χ4v) is 3.36. The van der Waals surface area contributed by atoms with Crippen molar-refractivity contribution >= 4 is 27.2 Å². The van der Waals surface area contributed by atoms with E-state index in [0.29, 0.717) is 0 Å². The molecular weight excluding hydrogens is 256 g/mol. The molecule has 0 amide bonds. The van der Waals surface area contributed by atoms with E-state index in [2.05, 4.69) is 36.7 Å². The largest absolute Gasteiger partial charge is 0.494 e. The zero-order valence-corrected chi connectivity index (χ0v) is 13.0. The second kappa shape index (κ2) is 6.24. The van der Waals surface area contributed by atoms with Crippen LogP contribution in [0.5, 0.6) is 5.75 Å². The number of thiazole rings is 1. The fraction of sp³-hybridized carbons (Fsp3) is 0.533. The van der Waals surface area contributed by atoms with E-state index in [9.17, 15) is 0 Å². The molecule has 0 spiro atoms. The molecule has 1 aromatic carbocycles. The van der Waals surface area contributed by atoms with Gasteiger partial charge in [0.05, 0.1) is 22.5 Å². The van der Waals surface area contributed by atoms with Gasteiger partial charge in [-0.1, -0.05) is 13.8 Å². The predicted molar refractivity (Wildman–Crippen MR) is 83.7 cm³/mol. The van der Waals surface area contributed by atoms with Crippen molar-refractivity contribution in [2.45, 2.75) is 33.6 Å². The second-order valence-electron chi connectivity index (χ2n) is 4.68. The van der Waals surface area contributed by atoms with Crippen molar-refractivity contribution in [3.05, 3.63) is 17.1 Å². The van der Waals surface area contributed by atoms with Gasteiger partial charge in [0.1, 0.15) is 11.3 Å². The highest BCUT2D eigenvalue weighted by molar-refractivity contribution is 7.19. The van der Waals surface area contributed by atoms with Crippen LogP contribution in [0, 0.1) is 6.92 Å². The molecule has 0 saturated heterocycles. The Hall–Kier alpha value is -1.29. The molecule has 3 nitrogen and oxygen atoms in total. The number of anilines is 1. The van der Waals surface area contributed by atoms with Crippen molar-refractivity contribution < 1.29 is 4.74 Å². The van der Waals surface area contributed by atoms with Gasteiger partial charge < -0.3 is 9.64 Å².